The van der Waals surface area contributed by atoms with Gasteiger partial charge in [0.1, 0.15) is 0 Å². The minimum atomic E-state index is -0.620. The first kappa shape index (κ1) is 26.5. The van der Waals surface area contributed by atoms with Crippen LogP contribution in [0, 0.1) is 0 Å². The van der Waals surface area contributed by atoms with E-state index in [-0.39, 0.29) is 30.5 Å². The van der Waals surface area contributed by atoms with Gasteiger partial charge in [-0.15, -0.1) is 6.58 Å². The van der Waals surface area contributed by atoms with Crippen molar-refractivity contribution in [2.45, 2.75) is 46.1 Å². The molecule has 2 heterocycles. The van der Waals surface area contributed by atoms with Crippen molar-refractivity contribution >= 4 is 17.9 Å². The van der Waals surface area contributed by atoms with Crippen LogP contribution in [0.15, 0.2) is 48.2 Å². The third-order valence-corrected chi connectivity index (χ3v) is 6.55. The molecule has 2 aliphatic heterocycles. The Balaban J connectivity index is 2.03. The van der Waals surface area contributed by atoms with Crippen molar-refractivity contribution in [1.82, 2.24) is 20.0 Å². The van der Waals surface area contributed by atoms with Crippen LogP contribution in [0.4, 0.5) is 4.79 Å². The van der Waals surface area contributed by atoms with Gasteiger partial charge in [-0.3, -0.25) is 14.6 Å². The minimum Gasteiger partial charge on any atom is -0.463 e. The van der Waals surface area contributed by atoms with Gasteiger partial charge in [0.2, 0.25) is 5.91 Å². The number of carbonyl (C=O) groups excluding carboxylic acids is 3. The van der Waals surface area contributed by atoms with Gasteiger partial charge in [0.05, 0.1) is 18.2 Å². The highest BCUT2D eigenvalue weighted by Crippen LogP contribution is 2.33. The number of esters is 1. The molecule has 3 amide bonds. The van der Waals surface area contributed by atoms with E-state index in [1.807, 2.05) is 29.2 Å². The molecule has 0 aromatic heterocycles. The van der Waals surface area contributed by atoms with Crippen LogP contribution in [0.1, 0.15) is 51.8 Å². The molecule has 190 valence electrons. The zero-order valence-corrected chi connectivity index (χ0v) is 21.6. The first-order valence-corrected chi connectivity index (χ1v) is 12.2. The summed E-state index contributed by atoms with van der Waals surface area (Å²) in [5, 5.41) is 3.01. The second kappa shape index (κ2) is 11.1. The van der Waals surface area contributed by atoms with E-state index in [0.717, 1.165) is 5.56 Å². The van der Waals surface area contributed by atoms with Crippen molar-refractivity contribution in [1.29, 1.82) is 0 Å². The third kappa shape index (κ3) is 6.11. The number of rotatable bonds is 7. The van der Waals surface area contributed by atoms with E-state index >= 15 is 0 Å². The number of nitrogens with zero attached hydrogens (tertiary/aromatic N) is 3. The predicted octanol–water partition coefficient (Wildman–Crippen LogP) is 3.22. The first-order valence-electron chi connectivity index (χ1n) is 12.2. The topological polar surface area (TPSA) is 82.2 Å². The van der Waals surface area contributed by atoms with E-state index < -0.39 is 12.0 Å². The maximum absolute atomic E-state index is 13.3. The highest BCUT2D eigenvalue weighted by Gasteiger charge is 2.38. The molecule has 0 saturated carbocycles. The molecule has 1 aromatic carbocycles. The Kier molecular flexibility index (Phi) is 8.38. The Labute approximate surface area is 208 Å². The summed E-state index contributed by atoms with van der Waals surface area (Å²) in [6.45, 7) is 17.0. The molecule has 1 aromatic rings. The van der Waals surface area contributed by atoms with Crippen LogP contribution in [0.3, 0.4) is 0 Å². The molecule has 0 radical (unpaired) electrons. The number of hydrogen-bond donors (Lipinski definition) is 1. The van der Waals surface area contributed by atoms with Crippen molar-refractivity contribution < 1.29 is 19.1 Å². The summed E-state index contributed by atoms with van der Waals surface area (Å²) in [6.07, 6.45) is 1.65. The summed E-state index contributed by atoms with van der Waals surface area (Å²) in [6, 6.07) is 7.13. The molecule has 1 N–H and O–H groups in total. The first-order chi connectivity index (χ1) is 16.6. The van der Waals surface area contributed by atoms with E-state index in [4.69, 9.17) is 4.74 Å². The van der Waals surface area contributed by atoms with Gasteiger partial charge in [-0.05, 0) is 23.5 Å². The SMILES string of the molecule is C=CCN1C(=O)N[C@H](c2ccc(C(C)(C)C)cc2)C(C(=O)OCC)=C1CN1CCN(C(C)=O)CC1. The fourth-order valence-electron chi connectivity index (χ4n) is 4.50. The largest absolute Gasteiger partial charge is 0.463 e. The molecule has 8 heteroatoms. The summed E-state index contributed by atoms with van der Waals surface area (Å²) in [4.78, 5) is 43.8. The molecule has 0 unspecified atom stereocenters. The Morgan fingerprint density at radius 3 is 2.29 bits per heavy atom. The van der Waals surface area contributed by atoms with Crippen LogP contribution in [0.25, 0.3) is 0 Å². The molecule has 0 aliphatic carbocycles. The van der Waals surface area contributed by atoms with Crippen LogP contribution in [-0.2, 0) is 19.7 Å². The van der Waals surface area contributed by atoms with Gasteiger partial charge in [0.15, 0.2) is 0 Å². The summed E-state index contributed by atoms with van der Waals surface area (Å²) >= 11 is 0. The standard InChI is InChI=1S/C27H38N4O4/c1-7-13-31-22(18-29-14-16-30(17-15-29)19(3)32)23(25(33)35-8-2)24(28-26(31)34)20-9-11-21(12-10-20)27(4,5)6/h7,9-12,24H,1,8,13-18H2,2-6H3,(H,28,34)/t24-/m1/s1. The summed E-state index contributed by atoms with van der Waals surface area (Å²) in [5.41, 5.74) is 3.04. The molecular weight excluding hydrogens is 444 g/mol. The number of nitrogens with one attached hydrogen (secondary N) is 1. The van der Waals surface area contributed by atoms with E-state index in [0.29, 0.717) is 44.0 Å². The minimum absolute atomic E-state index is 0.0118. The van der Waals surface area contributed by atoms with Crippen molar-refractivity contribution in [3.05, 3.63) is 59.3 Å². The highest BCUT2D eigenvalue weighted by molar-refractivity contribution is 5.95. The van der Waals surface area contributed by atoms with Crippen molar-refractivity contribution in [2.24, 2.45) is 0 Å². The molecule has 8 nitrogen and oxygen atoms in total. The molecule has 35 heavy (non-hydrogen) atoms. The molecule has 3 rings (SSSR count). The van der Waals surface area contributed by atoms with Crippen LogP contribution < -0.4 is 5.32 Å². The molecule has 1 fully saturated rings. The lowest BCUT2D eigenvalue weighted by atomic mass is 9.85. The van der Waals surface area contributed by atoms with Gasteiger partial charge >= 0.3 is 12.0 Å². The Morgan fingerprint density at radius 2 is 1.77 bits per heavy atom. The second-order valence-corrected chi connectivity index (χ2v) is 10.0. The highest BCUT2D eigenvalue weighted by atomic mass is 16.5. The maximum Gasteiger partial charge on any atom is 0.338 e. The lowest BCUT2D eigenvalue weighted by Gasteiger charge is -2.40. The van der Waals surface area contributed by atoms with Crippen molar-refractivity contribution in [3.63, 3.8) is 0 Å². The van der Waals surface area contributed by atoms with Crippen LogP contribution in [0.5, 0.6) is 0 Å². The average molecular weight is 483 g/mol. The number of carbonyl (C=O) groups is 3. The fourth-order valence-corrected chi connectivity index (χ4v) is 4.50. The van der Waals surface area contributed by atoms with E-state index in [1.54, 1.807) is 24.8 Å². The Morgan fingerprint density at radius 1 is 1.14 bits per heavy atom. The number of urea groups is 1. The Hall–Kier alpha value is -3.13. The molecule has 1 atom stereocenters. The van der Waals surface area contributed by atoms with E-state index in [9.17, 15) is 14.4 Å². The molecular formula is C27H38N4O4. The lowest BCUT2D eigenvalue weighted by Crippen LogP contribution is -2.53. The Bertz CT molecular complexity index is 985. The third-order valence-electron chi connectivity index (χ3n) is 6.55. The van der Waals surface area contributed by atoms with Gasteiger partial charge in [-0.25, -0.2) is 9.59 Å². The number of hydrogen-bond acceptors (Lipinski definition) is 5. The van der Waals surface area contributed by atoms with Crippen LogP contribution in [-0.4, -0.2) is 78.5 Å². The van der Waals surface area contributed by atoms with Gasteiger partial charge in [0.25, 0.3) is 0 Å². The van der Waals surface area contributed by atoms with Crippen molar-refractivity contribution in [3.8, 4) is 0 Å². The number of piperazine rings is 1. The predicted molar refractivity (Wildman–Crippen MR) is 136 cm³/mol. The molecule has 0 bridgehead atoms. The lowest BCUT2D eigenvalue weighted by molar-refractivity contribution is -0.139. The van der Waals surface area contributed by atoms with Gasteiger partial charge in [-0.1, -0.05) is 51.1 Å². The fraction of sp³-hybridized carbons (Fsp3) is 0.519. The quantitative estimate of drug-likeness (QED) is 0.477. The zero-order chi connectivity index (χ0) is 25.8. The van der Waals surface area contributed by atoms with Gasteiger partial charge < -0.3 is 15.0 Å². The van der Waals surface area contributed by atoms with Crippen LogP contribution >= 0.6 is 0 Å². The van der Waals surface area contributed by atoms with Crippen LogP contribution in [0.2, 0.25) is 0 Å². The molecule has 2 aliphatic rings. The second-order valence-electron chi connectivity index (χ2n) is 10.0. The molecule has 1 saturated heterocycles. The van der Waals surface area contributed by atoms with E-state index in [1.165, 1.54) is 5.56 Å². The summed E-state index contributed by atoms with van der Waals surface area (Å²) in [5.74, 6) is -0.385. The maximum atomic E-state index is 13.3. The average Bonchev–Trinajstić information content (AvgIpc) is 2.81. The smallest absolute Gasteiger partial charge is 0.338 e. The zero-order valence-electron chi connectivity index (χ0n) is 21.6. The summed E-state index contributed by atoms with van der Waals surface area (Å²) in [7, 11) is 0. The number of ether oxygens (including phenoxy) is 1. The van der Waals surface area contributed by atoms with Gasteiger partial charge in [-0.2, -0.15) is 0 Å². The number of benzene rings is 1. The molecule has 0 spiro atoms. The van der Waals surface area contributed by atoms with Crippen molar-refractivity contribution in [2.75, 3.05) is 45.9 Å². The summed E-state index contributed by atoms with van der Waals surface area (Å²) < 4.78 is 5.47. The number of amides is 3. The van der Waals surface area contributed by atoms with Gasteiger partial charge in [0, 0.05) is 51.9 Å². The normalized spacial score (nSPS) is 19.5. The van der Waals surface area contributed by atoms with E-state index in [2.05, 4.69) is 37.6 Å². The monoisotopic (exact) mass is 482 g/mol.